The Morgan fingerprint density at radius 2 is 2.00 bits per heavy atom. The molecule has 0 saturated heterocycles. The second-order valence-electron chi connectivity index (χ2n) is 4.89. The minimum Gasteiger partial charge on any atom is -0.483 e. The third kappa shape index (κ3) is 3.55. The van der Waals surface area contributed by atoms with Gasteiger partial charge in [0.05, 0.1) is 6.20 Å². The number of hydrogen-bond acceptors (Lipinski definition) is 3. The van der Waals surface area contributed by atoms with E-state index >= 15 is 0 Å². The molecule has 1 heterocycles. The highest BCUT2D eigenvalue weighted by Crippen LogP contribution is 2.23. The van der Waals surface area contributed by atoms with Gasteiger partial charge in [0.1, 0.15) is 11.9 Å². The van der Waals surface area contributed by atoms with Gasteiger partial charge < -0.3 is 10.1 Å². The molecule has 1 saturated carbocycles. The fourth-order valence-electron chi connectivity index (χ4n) is 2.04. The molecule has 1 aromatic heterocycles. The molecule has 1 unspecified atom stereocenters. The van der Waals surface area contributed by atoms with Crippen molar-refractivity contribution >= 4 is 0 Å². The molecule has 0 bridgehead atoms. The fourth-order valence-corrected chi connectivity index (χ4v) is 2.04. The van der Waals surface area contributed by atoms with Crippen molar-refractivity contribution in [3.8, 4) is 5.75 Å². The molecule has 0 radical (unpaired) electrons. The molecular formula is C16H18N2O. The molecule has 19 heavy (non-hydrogen) atoms. The van der Waals surface area contributed by atoms with Crippen molar-refractivity contribution < 1.29 is 4.74 Å². The van der Waals surface area contributed by atoms with Crippen LogP contribution in [-0.2, 0) is 0 Å². The first-order chi connectivity index (χ1) is 9.42. The van der Waals surface area contributed by atoms with E-state index in [0.29, 0.717) is 6.04 Å². The SMILES string of the molecule is c1ccc(C(CNC2CC2)Oc2cccnc2)cc1. The van der Waals surface area contributed by atoms with Gasteiger partial charge in [0, 0.05) is 18.8 Å². The van der Waals surface area contributed by atoms with E-state index in [9.17, 15) is 0 Å². The number of nitrogens with one attached hydrogen (secondary N) is 1. The van der Waals surface area contributed by atoms with Crippen LogP contribution in [0.5, 0.6) is 5.75 Å². The van der Waals surface area contributed by atoms with Gasteiger partial charge in [-0.1, -0.05) is 30.3 Å². The Balaban J connectivity index is 1.71. The van der Waals surface area contributed by atoms with Gasteiger partial charge in [0.25, 0.3) is 0 Å². The van der Waals surface area contributed by atoms with Gasteiger partial charge in [-0.05, 0) is 30.5 Å². The first kappa shape index (κ1) is 12.2. The van der Waals surface area contributed by atoms with E-state index in [1.54, 1.807) is 12.4 Å². The van der Waals surface area contributed by atoms with Crippen LogP contribution >= 0.6 is 0 Å². The van der Waals surface area contributed by atoms with Crippen molar-refractivity contribution in [1.82, 2.24) is 10.3 Å². The van der Waals surface area contributed by atoms with Crippen LogP contribution in [0, 0.1) is 0 Å². The molecule has 1 N–H and O–H groups in total. The molecule has 0 spiro atoms. The Labute approximate surface area is 113 Å². The second-order valence-corrected chi connectivity index (χ2v) is 4.89. The Hall–Kier alpha value is -1.87. The summed E-state index contributed by atoms with van der Waals surface area (Å²) in [6, 6.07) is 14.9. The van der Waals surface area contributed by atoms with Gasteiger partial charge in [-0.2, -0.15) is 0 Å². The van der Waals surface area contributed by atoms with Gasteiger partial charge in [-0.25, -0.2) is 0 Å². The lowest BCUT2D eigenvalue weighted by molar-refractivity contribution is 0.200. The molecule has 0 aliphatic heterocycles. The van der Waals surface area contributed by atoms with Gasteiger partial charge >= 0.3 is 0 Å². The summed E-state index contributed by atoms with van der Waals surface area (Å²) < 4.78 is 6.05. The molecule has 0 amide bonds. The van der Waals surface area contributed by atoms with Crippen molar-refractivity contribution in [2.75, 3.05) is 6.54 Å². The Bertz CT molecular complexity index is 497. The van der Waals surface area contributed by atoms with Crippen molar-refractivity contribution in [1.29, 1.82) is 0 Å². The predicted molar refractivity (Wildman–Crippen MR) is 75.1 cm³/mol. The van der Waals surface area contributed by atoms with E-state index in [2.05, 4.69) is 22.4 Å². The molecule has 3 nitrogen and oxygen atoms in total. The Morgan fingerprint density at radius 1 is 1.16 bits per heavy atom. The average molecular weight is 254 g/mol. The van der Waals surface area contributed by atoms with Crippen LogP contribution in [0.4, 0.5) is 0 Å². The molecule has 3 heteroatoms. The summed E-state index contributed by atoms with van der Waals surface area (Å²) in [4.78, 5) is 4.09. The highest BCUT2D eigenvalue weighted by Gasteiger charge is 2.23. The minimum absolute atomic E-state index is 0.0333. The third-order valence-electron chi connectivity index (χ3n) is 3.25. The molecule has 3 rings (SSSR count). The normalized spacial score (nSPS) is 16.0. The maximum Gasteiger partial charge on any atom is 0.138 e. The number of aromatic nitrogens is 1. The summed E-state index contributed by atoms with van der Waals surface area (Å²) in [6.45, 7) is 0.837. The van der Waals surface area contributed by atoms with Crippen LogP contribution in [0.2, 0.25) is 0 Å². The van der Waals surface area contributed by atoms with Gasteiger partial charge in [-0.3, -0.25) is 4.98 Å². The summed E-state index contributed by atoms with van der Waals surface area (Å²) >= 11 is 0. The molecule has 1 aromatic carbocycles. The predicted octanol–water partition coefficient (Wildman–Crippen LogP) is 2.95. The van der Waals surface area contributed by atoms with Crippen molar-refractivity contribution in [3.63, 3.8) is 0 Å². The lowest BCUT2D eigenvalue weighted by Crippen LogP contribution is -2.26. The van der Waals surface area contributed by atoms with Crippen LogP contribution in [0.25, 0.3) is 0 Å². The molecular weight excluding hydrogens is 236 g/mol. The lowest BCUT2D eigenvalue weighted by Gasteiger charge is -2.20. The quantitative estimate of drug-likeness (QED) is 0.860. The standard InChI is InChI=1S/C16H18N2O/c1-2-5-13(6-3-1)16(12-18-14-8-9-14)19-15-7-4-10-17-11-15/h1-7,10-11,14,16,18H,8-9,12H2. The minimum atomic E-state index is 0.0333. The highest BCUT2D eigenvalue weighted by atomic mass is 16.5. The number of ether oxygens (including phenoxy) is 1. The summed E-state index contributed by atoms with van der Waals surface area (Å²) in [5.74, 6) is 0.814. The van der Waals surface area contributed by atoms with Gasteiger partial charge in [-0.15, -0.1) is 0 Å². The van der Waals surface area contributed by atoms with Gasteiger partial charge in [0.2, 0.25) is 0 Å². The zero-order chi connectivity index (χ0) is 12.9. The van der Waals surface area contributed by atoms with E-state index in [0.717, 1.165) is 12.3 Å². The first-order valence-electron chi connectivity index (χ1n) is 6.77. The summed E-state index contributed by atoms with van der Waals surface area (Å²) in [6.07, 6.45) is 6.12. The smallest absolute Gasteiger partial charge is 0.138 e. The fraction of sp³-hybridized carbons (Fsp3) is 0.312. The maximum absolute atomic E-state index is 6.05. The van der Waals surface area contributed by atoms with E-state index in [1.807, 2.05) is 30.3 Å². The summed E-state index contributed by atoms with van der Waals surface area (Å²) in [7, 11) is 0. The second kappa shape index (κ2) is 5.85. The van der Waals surface area contributed by atoms with Crippen LogP contribution < -0.4 is 10.1 Å². The molecule has 1 aliphatic rings. The van der Waals surface area contributed by atoms with E-state index in [4.69, 9.17) is 4.74 Å². The van der Waals surface area contributed by atoms with Gasteiger partial charge in [0.15, 0.2) is 0 Å². The van der Waals surface area contributed by atoms with Crippen molar-refractivity contribution in [2.45, 2.75) is 25.0 Å². The monoisotopic (exact) mass is 254 g/mol. The maximum atomic E-state index is 6.05. The van der Waals surface area contributed by atoms with Crippen molar-refractivity contribution in [3.05, 3.63) is 60.4 Å². The van der Waals surface area contributed by atoms with E-state index < -0.39 is 0 Å². The average Bonchev–Trinajstić information content (AvgIpc) is 3.30. The topological polar surface area (TPSA) is 34.1 Å². The van der Waals surface area contributed by atoms with E-state index in [-0.39, 0.29) is 6.10 Å². The first-order valence-corrected chi connectivity index (χ1v) is 6.77. The lowest BCUT2D eigenvalue weighted by atomic mass is 10.1. The molecule has 1 atom stereocenters. The van der Waals surface area contributed by atoms with E-state index in [1.165, 1.54) is 18.4 Å². The molecule has 2 aromatic rings. The molecule has 98 valence electrons. The van der Waals surface area contributed by atoms with Crippen LogP contribution in [-0.4, -0.2) is 17.6 Å². The third-order valence-corrected chi connectivity index (χ3v) is 3.25. The largest absolute Gasteiger partial charge is 0.483 e. The molecule has 1 fully saturated rings. The Morgan fingerprint density at radius 3 is 2.68 bits per heavy atom. The number of rotatable bonds is 6. The van der Waals surface area contributed by atoms with Crippen LogP contribution in [0.15, 0.2) is 54.9 Å². The van der Waals surface area contributed by atoms with Crippen LogP contribution in [0.1, 0.15) is 24.5 Å². The van der Waals surface area contributed by atoms with Crippen LogP contribution in [0.3, 0.4) is 0 Å². The summed E-state index contributed by atoms with van der Waals surface area (Å²) in [5.41, 5.74) is 1.19. The number of nitrogens with zero attached hydrogens (tertiary/aromatic N) is 1. The number of pyridine rings is 1. The molecule has 1 aliphatic carbocycles. The summed E-state index contributed by atoms with van der Waals surface area (Å²) in [5, 5.41) is 3.53. The Kier molecular flexibility index (Phi) is 3.75. The zero-order valence-corrected chi connectivity index (χ0v) is 10.8. The number of hydrogen-bond donors (Lipinski definition) is 1. The van der Waals surface area contributed by atoms with Crippen molar-refractivity contribution in [2.24, 2.45) is 0 Å². The highest BCUT2D eigenvalue weighted by molar-refractivity contribution is 5.22. The number of benzene rings is 1. The zero-order valence-electron chi connectivity index (χ0n) is 10.8.